The molecular formula is C17H28N2. The second-order valence-electron chi connectivity index (χ2n) is 5.99. The van der Waals surface area contributed by atoms with E-state index in [1.54, 1.807) is 0 Å². The molecule has 1 heterocycles. The number of para-hydroxylation sites is 1. The van der Waals surface area contributed by atoms with Crippen LogP contribution in [-0.4, -0.2) is 25.2 Å². The minimum absolute atomic E-state index is 0.246. The molecule has 1 fully saturated rings. The molecule has 106 valence electrons. The molecule has 1 atom stereocenters. The highest BCUT2D eigenvalue weighted by Gasteiger charge is 2.27. The SMILES string of the molecule is CCCc1ccccc1N1CCCNC(C)(CC)C1. The highest BCUT2D eigenvalue weighted by atomic mass is 15.2. The van der Waals surface area contributed by atoms with Crippen molar-refractivity contribution in [2.45, 2.75) is 52.0 Å². The summed E-state index contributed by atoms with van der Waals surface area (Å²) in [4.78, 5) is 2.59. The van der Waals surface area contributed by atoms with Gasteiger partial charge in [-0.3, -0.25) is 0 Å². The number of aryl methyl sites for hydroxylation is 1. The summed E-state index contributed by atoms with van der Waals surface area (Å²) >= 11 is 0. The molecule has 0 amide bonds. The van der Waals surface area contributed by atoms with E-state index in [1.807, 2.05) is 0 Å². The smallest absolute Gasteiger partial charge is 0.0399 e. The fourth-order valence-corrected chi connectivity index (χ4v) is 2.96. The summed E-state index contributed by atoms with van der Waals surface area (Å²) in [6, 6.07) is 8.94. The average Bonchev–Trinajstić information content (AvgIpc) is 2.63. The van der Waals surface area contributed by atoms with Crippen LogP contribution in [0.1, 0.15) is 45.6 Å². The van der Waals surface area contributed by atoms with E-state index in [0.29, 0.717) is 0 Å². The summed E-state index contributed by atoms with van der Waals surface area (Å²) < 4.78 is 0. The van der Waals surface area contributed by atoms with Crippen LogP contribution >= 0.6 is 0 Å². The first kappa shape index (κ1) is 14.4. The summed E-state index contributed by atoms with van der Waals surface area (Å²) in [6.45, 7) is 10.3. The van der Waals surface area contributed by atoms with Crippen LogP contribution in [0.5, 0.6) is 0 Å². The van der Waals surface area contributed by atoms with Gasteiger partial charge >= 0.3 is 0 Å². The fourth-order valence-electron chi connectivity index (χ4n) is 2.96. The van der Waals surface area contributed by atoms with E-state index in [4.69, 9.17) is 0 Å². The van der Waals surface area contributed by atoms with E-state index in [-0.39, 0.29) is 5.54 Å². The standard InChI is InChI=1S/C17H28N2/c1-4-9-15-10-6-7-11-16(15)19-13-8-12-18-17(3,5-2)14-19/h6-7,10-11,18H,4-5,8-9,12-14H2,1-3H3. The Labute approximate surface area is 118 Å². The molecule has 0 saturated carbocycles. The molecule has 0 radical (unpaired) electrons. The van der Waals surface area contributed by atoms with E-state index in [9.17, 15) is 0 Å². The molecule has 1 aromatic rings. The molecule has 2 heteroatoms. The molecule has 0 aliphatic carbocycles. The Morgan fingerprint density at radius 2 is 2.05 bits per heavy atom. The van der Waals surface area contributed by atoms with Crippen molar-refractivity contribution in [3.8, 4) is 0 Å². The topological polar surface area (TPSA) is 15.3 Å². The molecule has 1 aromatic carbocycles. The van der Waals surface area contributed by atoms with Crippen molar-refractivity contribution in [3.63, 3.8) is 0 Å². The lowest BCUT2D eigenvalue weighted by Crippen LogP contribution is -2.48. The van der Waals surface area contributed by atoms with Gasteiger partial charge in [-0.25, -0.2) is 0 Å². The highest BCUT2D eigenvalue weighted by molar-refractivity contribution is 5.54. The van der Waals surface area contributed by atoms with Gasteiger partial charge < -0.3 is 10.2 Å². The molecule has 19 heavy (non-hydrogen) atoms. The quantitative estimate of drug-likeness (QED) is 0.889. The second kappa shape index (κ2) is 6.42. The summed E-state index contributed by atoms with van der Waals surface area (Å²) in [7, 11) is 0. The zero-order valence-electron chi connectivity index (χ0n) is 12.7. The Kier molecular flexibility index (Phi) is 4.87. The van der Waals surface area contributed by atoms with Gasteiger partial charge in [0.15, 0.2) is 0 Å². The molecule has 1 unspecified atom stereocenters. The van der Waals surface area contributed by atoms with Gasteiger partial charge in [0.05, 0.1) is 0 Å². The van der Waals surface area contributed by atoms with Crippen LogP contribution in [0.3, 0.4) is 0 Å². The summed E-state index contributed by atoms with van der Waals surface area (Å²) in [5.74, 6) is 0. The van der Waals surface area contributed by atoms with Gasteiger partial charge in [-0.2, -0.15) is 0 Å². The molecule has 0 spiro atoms. The van der Waals surface area contributed by atoms with Crippen LogP contribution < -0.4 is 10.2 Å². The van der Waals surface area contributed by atoms with Crippen molar-refractivity contribution in [1.29, 1.82) is 0 Å². The Bertz CT molecular complexity index is 402. The number of rotatable bonds is 4. The van der Waals surface area contributed by atoms with E-state index < -0.39 is 0 Å². The number of anilines is 1. The van der Waals surface area contributed by atoms with Crippen LogP contribution in [0.15, 0.2) is 24.3 Å². The molecule has 0 aromatic heterocycles. The van der Waals surface area contributed by atoms with Gasteiger partial charge in [0, 0.05) is 24.3 Å². The van der Waals surface area contributed by atoms with E-state index in [0.717, 1.165) is 13.1 Å². The van der Waals surface area contributed by atoms with Gasteiger partial charge in [0.1, 0.15) is 0 Å². The molecule has 1 saturated heterocycles. The Morgan fingerprint density at radius 3 is 2.79 bits per heavy atom. The first-order valence-electron chi connectivity index (χ1n) is 7.76. The third-order valence-electron chi connectivity index (χ3n) is 4.33. The normalized spacial score (nSPS) is 24.3. The van der Waals surface area contributed by atoms with E-state index in [2.05, 4.69) is 55.3 Å². The highest BCUT2D eigenvalue weighted by Crippen LogP contribution is 2.26. The minimum Gasteiger partial charge on any atom is -0.369 e. The molecule has 1 aliphatic heterocycles. The first-order chi connectivity index (χ1) is 9.18. The third kappa shape index (κ3) is 3.50. The summed E-state index contributed by atoms with van der Waals surface area (Å²) in [6.07, 6.45) is 4.81. The minimum atomic E-state index is 0.246. The van der Waals surface area contributed by atoms with E-state index in [1.165, 1.54) is 43.5 Å². The number of nitrogens with zero attached hydrogens (tertiary/aromatic N) is 1. The van der Waals surface area contributed by atoms with Gasteiger partial charge in [-0.1, -0.05) is 38.5 Å². The maximum atomic E-state index is 3.72. The lowest BCUT2D eigenvalue weighted by atomic mass is 9.97. The number of hydrogen-bond donors (Lipinski definition) is 1. The maximum absolute atomic E-state index is 3.72. The molecule has 1 N–H and O–H groups in total. The van der Waals surface area contributed by atoms with E-state index >= 15 is 0 Å². The first-order valence-corrected chi connectivity index (χ1v) is 7.76. The molecule has 1 aliphatic rings. The van der Waals surface area contributed by atoms with Crippen molar-refractivity contribution in [2.75, 3.05) is 24.5 Å². The molecule has 2 rings (SSSR count). The van der Waals surface area contributed by atoms with Gasteiger partial charge in [0.25, 0.3) is 0 Å². The third-order valence-corrected chi connectivity index (χ3v) is 4.33. The molecular weight excluding hydrogens is 232 g/mol. The van der Waals surface area contributed by atoms with Gasteiger partial charge in [0.2, 0.25) is 0 Å². The van der Waals surface area contributed by atoms with Crippen molar-refractivity contribution in [2.24, 2.45) is 0 Å². The average molecular weight is 260 g/mol. The van der Waals surface area contributed by atoms with Gasteiger partial charge in [-0.15, -0.1) is 0 Å². The monoisotopic (exact) mass is 260 g/mol. The fraction of sp³-hybridized carbons (Fsp3) is 0.647. The van der Waals surface area contributed by atoms with Crippen LogP contribution in [-0.2, 0) is 6.42 Å². The van der Waals surface area contributed by atoms with Crippen molar-refractivity contribution >= 4 is 5.69 Å². The zero-order chi connectivity index (χ0) is 13.7. The maximum Gasteiger partial charge on any atom is 0.0399 e. The van der Waals surface area contributed by atoms with Crippen LogP contribution in [0, 0.1) is 0 Å². The zero-order valence-corrected chi connectivity index (χ0v) is 12.7. The lowest BCUT2D eigenvalue weighted by molar-refractivity contribution is 0.366. The predicted molar refractivity (Wildman–Crippen MR) is 84.0 cm³/mol. The summed E-state index contributed by atoms with van der Waals surface area (Å²) in [5.41, 5.74) is 3.20. The number of hydrogen-bond acceptors (Lipinski definition) is 2. The van der Waals surface area contributed by atoms with Crippen molar-refractivity contribution in [3.05, 3.63) is 29.8 Å². The summed E-state index contributed by atoms with van der Waals surface area (Å²) in [5, 5.41) is 3.72. The molecule has 0 bridgehead atoms. The van der Waals surface area contributed by atoms with Crippen molar-refractivity contribution in [1.82, 2.24) is 5.32 Å². The predicted octanol–water partition coefficient (Wildman–Crippen LogP) is 3.61. The largest absolute Gasteiger partial charge is 0.369 e. The Morgan fingerprint density at radius 1 is 1.26 bits per heavy atom. The number of benzene rings is 1. The van der Waals surface area contributed by atoms with Crippen LogP contribution in [0.25, 0.3) is 0 Å². The Hall–Kier alpha value is -1.02. The number of nitrogens with one attached hydrogen (secondary N) is 1. The van der Waals surface area contributed by atoms with Crippen LogP contribution in [0.4, 0.5) is 5.69 Å². The lowest BCUT2D eigenvalue weighted by Gasteiger charge is -2.34. The second-order valence-corrected chi connectivity index (χ2v) is 5.99. The van der Waals surface area contributed by atoms with Gasteiger partial charge in [-0.05, 0) is 44.4 Å². The Balaban J connectivity index is 2.24. The van der Waals surface area contributed by atoms with Crippen molar-refractivity contribution < 1.29 is 0 Å². The van der Waals surface area contributed by atoms with Crippen LogP contribution in [0.2, 0.25) is 0 Å². The molecule has 2 nitrogen and oxygen atoms in total.